The quantitative estimate of drug-likeness (QED) is 0.829. The van der Waals surface area contributed by atoms with Crippen molar-refractivity contribution in [2.75, 3.05) is 13.2 Å². The molecule has 0 bridgehead atoms. The van der Waals surface area contributed by atoms with Crippen LogP contribution in [0.25, 0.3) is 0 Å². The van der Waals surface area contributed by atoms with Gasteiger partial charge < -0.3 is 4.74 Å². The number of carbonyl (C=O) groups excluding carboxylic acids is 1. The molecule has 0 aliphatic heterocycles. The lowest BCUT2D eigenvalue weighted by Gasteiger charge is -2.11. The Morgan fingerprint density at radius 2 is 1.84 bits per heavy atom. The first-order valence-corrected chi connectivity index (χ1v) is 7.18. The van der Waals surface area contributed by atoms with Crippen molar-refractivity contribution in [1.82, 2.24) is 4.72 Å². The van der Waals surface area contributed by atoms with Crippen molar-refractivity contribution in [3.05, 3.63) is 29.1 Å². The van der Waals surface area contributed by atoms with Crippen LogP contribution >= 0.6 is 0 Å². The summed E-state index contributed by atoms with van der Waals surface area (Å²) in [5, 5.41) is 0. The molecule has 5 nitrogen and oxygen atoms in total. The van der Waals surface area contributed by atoms with Gasteiger partial charge in [0.2, 0.25) is 10.0 Å². The first-order valence-electron chi connectivity index (χ1n) is 5.70. The SMILES string of the molecule is CCOC(=O)CNS(=O)(=O)c1c(C)cc(F)cc1C. The molecule has 106 valence electrons. The number of hydrogen-bond donors (Lipinski definition) is 1. The van der Waals surface area contributed by atoms with E-state index >= 15 is 0 Å². The molecule has 0 saturated carbocycles. The van der Waals surface area contributed by atoms with Gasteiger partial charge in [-0.3, -0.25) is 4.79 Å². The highest BCUT2D eigenvalue weighted by Crippen LogP contribution is 2.20. The van der Waals surface area contributed by atoms with Crippen LogP contribution in [0, 0.1) is 19.7 Å². The van der Waals surface area contributed by atoms with E-state index in [1.54, 1.807) is 6.92 Å². The van der Waals surface area contributed by atoms with Crippen LogP contribution in [0.15, 0.2) is 17.0 Å². The largest absolute Gasteiger partial charge is 0.465 e. The van der Waals surface area contributed by atoms with Crippen molar-refractivity contribution in [2.24, 2.45) is 0 Å². The maximum Gasteiger partial charge on any atom is 0.321 e. The molecule has 0 fully saturated rings. The molecule has 1 rings (SSSR count). The summed E-state index contributed by atoms with van der Waals surface area (Å²) in [6, 6.07) is 2.26. The van der Waals surface area contributed by atoms with E-state index in [4.69, 9.17) is 0 Å². The lowest BCUT2D eigenvalue weighted by atomic mass is 10.1. The summed E-state index contributed by atoms with van der Waals surface area (Å²) in [6.45, 7) is 4.34. The van der Waals surface area contributed by atoms with E-state index < -0.39 is 28.4 Å². The Balaban J connectivity index is 2.98. The van der Waals surface area contributed by atoms with Crippen LogP contribution < -0.4 is 4.72 Å². The minimum absolute atomic E-state index is 0.0156. The van der Waals surface area contributed by atoms with Gasteiger partial charge in [-0.15, -0.1) is 0 Å². The van der Waals surface area contributed by atoms with Gasteiger partial charge in [-0.1, -0.05) is 0 Å². The van der Waals surface area contributed by atoms with Crippen molar-refractivity contribution in [1.29, 1.82) is 0 Å². The van der Waals surface area contributed by atoms with Crippen molar-refractivity contribution in [3.63, 3.8) is 0 Å². The highest BCUT2D eigenvalue weighted by Gasteiger charge is 2.21. The molecule has 0 aliphatic carbocycles. The van der Waals surface area contributed by atoms with Crippen LogP contribution in [0.2, 0.25) is 0 Å². The molecule has 0 unspecified atom stereocenters. The molecule has 0 amide bonds. The van der Waals surface area contributed by atoms with Gasteiger partial charge >= 0.3 is 5.97 Å². The van der Waals surface area contributed by atoms with Crippen molar-refractivity contribution < 1.29 is 22.3 Å². The fraction of sp³-hybridized carbons (Fsp3) is 0.417. The summed E-state index contributed by atoms with van der Waals surface area (Å²) >= 11 is 0. The van der Waals surface area contributed by atoms with E-state index in [-0.39, 0.29) is 22.6 Å². The smallest absolute Gasteiger partial charge is 0.321 e. The summed E-state index contributed by atoms with van der Waals surface area (Å²) in [5.74, 6) is -1.16. The average molecular weight is 289 g/mol. The van der Waals surface area contributed by atoms with Crippen LogP contribution in [0.4, 0.5) is 4.39 Å². The fourth-order valence-corrected chi connectivity index (χ4v) is 3.18. The topological polar surface area (TPSA) is 72.5 Å². The summed E-state index contributed by atoms with van der Waals surface area (Å²) in [6.07, 6.45) is 0. The number of hydrogen-bond acceptors (Lipinski definition) is 4. The number of ether oxygens (including phenoxy) is 1. The Hall–Kier alpha value is -1.47. The number of halogens is 1. The van der Waals surface area contributed by atoms with Gasteiger partial charge in [-0.25, -0.2) is 12.8 Å². The maximum atomic E-state index is 13.1. The molecule has 0 aromatic heterocycles. The molecule has 1 aromatic rings. The van der Waals surface area contributed by atoms with E-state index in [9.17, 15) is 17.6 Å². The Kier molecular flexibility index (Phi) is 5.02. The third-order valence-corrected chi connectivity index (χ3v) is 4.11. The van der Waals surface area contributed by atoms with Crippen LogP contribution in [-0.2, 0) is 19.6 Å². The van der Waals surface area contributed by atoms with Crippen molar-refractivity contribution in [3.8, 4) is 0 Å². The second kappa shape index (κ2) is 6.12. The highest BCUT2D eigenvalue weighted by molar-refractivity contribution is 7.89. The van der Waals surface area contributed by atoms with Crippen LogP contribution in [0.1, 0.15) is 18.1 Å². The zero-order valence-electron chi connectivity index (χ0n) is 11.0. The Labute approximate surface area is 111 Å². The Morgan fingerprint density at radius 3 is 2.32 bits per heavy atom. The first kappa shape index (κ1) is 15.6. The first-order chi connectivity index (χ1) is 8.77. The summed E-state index contributed by atoms with van der Waals surface area (Å²) in [7, 11) is -3.87. The predicted molar refractivity (Wildman–Crippen MR) is 67.7 cm³/mol. The second-order valence-corrected chi connectivity index (χ2v) is 5.70. The van der Waals surface area contributed by atoms with Crippen molar-refractivity contribution >= 4 is 16.0 Å². The zero-order chi connectivity index (χ0) is 14.6. The van der Waals surface area contributed by atoms with Crippen LogP contribution in [-0.4, -0.2) is 27.5 Å². The van der Waals surface area contributed by atoms with E-state index in [0.29, 0.717) is 0 Å². The molecule has 0 atom stereocenters. The Bertz CT molecular complexity index is 560. The number of carbonyl (C=O) groups is 1. The van der Waals surface area contributed by atoms with Gasteiger partial charge in [0.15, 0.2) is 0 Å². The minimum atomic E-state index is -3.87. The highest BCUT2D eigenvalue weighted by atomic mass is 32.2. The fourth-order valence-electron chi connectivity index (χ4n) is 1.76. The van der Waals surface area contributed by atoms with Gasteiger partial charge in [0.1, 0.15) is 12.4 Å². The van der Waals surface area contributed by atoms with E-state index in [0.717, 1.165) is 12.1 Å². The lowest BCUT2D eigenvalue weighted by Crippen LogP contribution is -2.31. The maximum absolute atomic E-state index is 13.1. The molecule has 1 N–H and O–H groups in total. The van der Waals surface area contributed by atoms with Gasteiger partial charge in [-0.05, 0) is 44.0 Å². The molecule has 0 heterocycles. The molecular weight excluding hydrogens is 273 g/mol. The number of sulfonamides is 1. The molecular formula is C12H16FNO4S. The number of aryl methyl sites for hydroxylation is 2. The number of rotatable bonds is 5. The average Bonchev–Trinajstić information content (AvgIpc) is 2.25. The predicted octanol–water partition coefficient (Wildman–Crippen LogP) is 1.28. The van der Waals surface area contributed by atoms with Gasteiger partial charge in [0, 0.05) is 0 Å². The summed E-state index contributed by atoms with van der Waals surface area (Å²) in [5.41, 5.74) is 0.572. The molecule has 0 saturated heterocycles. The van der Waals surface area contributed by atoms with Gasteiger partial charge in [0.05, 0.1) is 11.5 Å². The molecule has 0 radical (unpaired) electrons. The van der Waals surface area contributed by atoms with E-state index in [1.165, 1.54) is 13.8 Å². The van der Waals surface area contributed by atoms with E-state index in [1.807, 2.05) is 0 Å². The molecule has 19 heavy (non-hydrogen) atoms. The zero-order valence-corrected chi connectivity index (χ0v) is 11.8. The van der Waals surface area contributed by atoms with Gasteiger partial charge in [-0.2, -0.15) is 4.72 Å². The minimum Gasteiger partial charge on any atom is -0.465 e. The third-order valence-electron chi connectivity index (χ3n) is 2.41. The van der Waals surface area contributed by atoms with Crippen molar-refractivity contribution in [2.45, 2.75) is 25.7 Å². The monoisotopic (exact) mass is 289 g/mol. The number of esters is 1. The van der Waals surface area contributed by atoms with Crippen LogP contribution in [0.5, 0.6) is 0 Å². The van der Waals surface area contributed by atoms with E-state index in [2.05, 4.69) is 9.46 Å². The van der Waals surface area contributed by atoms with Crippen LogP contribution in [0.3, 0.4) is 0 Å². The number of benzene rings is 1. The normalized spacial score (nSPS) is 11.4. The number of nitrogens with one attached hydrogen (secondary N) is 1. The summed E-state index contributed by atoms with van der Waals surface area (Å²) < 4.78 is 44.0. The second-order valence-electron chi connectivity index (χ2n) is 4.00. The molecule has 0 spiro atoms. The standard InChI is InChI=1S/C12H16FNO4S/c1-4-18-11(15)7-14-19(16,17)12-8(2)5-10(13)6-9(12)3/h5-6,14H,4,7H2,1-3H3. The summed E-state index contributed by atoms with van der Waals surface area (Å²) in [4.78, 5) is 11.1. The van der Waals surface area contributed by atoms with Gasteiger partial charge in [0.25, 0.3) is 0 Å². The third kappa shape index (κ3) is 4.00. The molecule has 1 aromatic carbocycles. The lowest BCUT2D eigenvalue weighted by molar-refractivity contribution is -0.141. The molecule has 0 aliphatic rings. The Morgan fingerprint density at radius 1 is 1.32 bits per heavy atom. The molecule has 7 heteroatoms.